The van der Waals surface area contributed by atoms with Gasteiger partial charge in [-0.3, -0.25) is 10.1 Å². The second-order valence-electron chi connectivity index (χ2n) is 4.62. The Morgan fingerprint density at radius 3 is 2.57 bits per heavy atom. The highest BCUT2D eigenvalue weighted by atomic mass is 32.2. The van der Waals surface area contributed by atoms with E-state index >= 15 is 0 Å². The average Bonchev–Trinajstić information content (AvgIpc) is 2.87. The van der Waals surface area contributed by atoms with Gasteiger partial charge in [-0.05, 0) is 24.6 Å². The van der Waals surface area contributed by atoms with Gasteiger partial charge in [0.15, 0.2) is 0 Å². The summed E-state index contributed by atoms with van der Waals surface area (Å²) < 4.78 is 27.1. The third-order valence-corrected chi connectivity index (χ3v) is 5.34. The molecule has 0 atom stereocenters. The number of rotatable bonds is 6. The van der Waals surface area contributed by atoms with Crippen LogP contribution in [0.25, 0.3) is 0 Å². The summed E-state index contributed by atoms with van der Waals surface area (Å²) in [5, 5.41) is 6.65. The molecule has 0 bridgehead atoms. The van der Waals surface area contributed by atoms with Crippen molar-refractivity contribution in [2.24, 2.45) is 5.73 Å². The fourth-order valence-electron chi connectivity index (χ4n) is 2.14. The van der Waals surface area contributed by atoms with Crippen LogP contribution in [0.4, 0.5) is 0 Å². The molecule has 8 heteroatoms. The van der Waals surface area contributed by atoms with Crippen LogP contribution in [0, 0.1) is 6.92 Å². The van der Waals surface area contributed by atoms with Crippen LogP contribution in [0.15, 0.2) is 29.4 Å². The predicted molar refractivity (Wildman–Crippen MR) is 78.7 cm³/mol. The van der Waals surface area contributed by atoms with Crippen LogP contribution in [0.5, 0.6) is 0 Å². The minimum Gasteiger partial charge on any atom is -0.325 e. The minimum atomic E-state index is -3.64. The van der Waals surface area contributed by atoms with Gasteiger partial charge in [0.05, 0.1) is 11.4 Å². The van der Waals surface area contributed by atoms with Gasteiger partial charge in [0.2, 0.25) is 10.0 Å². The van der Waals surface area contributed by atoms with E-state index in [9.17, 15) is 8.42 Å². The van der Waals surface area contributed by atoms with Gasteiger partial charge in [-0.1, -0.05) is 6.92 Å². The molecular formula is C13H19N5O2S. The lowest BCUT2D eigenvalue weighted by Gasteiger charge is -2.20. The van der Waals surface area contributed by atoms with Crippen LogP contribution in [-0.4, -0.2) is 34.4 Å². The molecule has 2 heterocycles. The maximum absolute atomic E-state index is 12.8. The quantitative estimate of drug-likeness (QED) is 0.820. The van der Waals surface area contributed by atoms with E-state index in [2.05, 4.69) is 15.2 Å². The lowest BCUT2D eigenvalue weighted by atomic mass is 10.3. The van der Waals surface area contributed by atoms with E-state index in [-0.39, 0.29) is 18.0 Å². The van der Waals surface area contributed by atoms with E-state index in [4.69, 9.17) is 5.73 Å². The number of nitrogens with one attached hydrogen (secondary N) is 1. The maximum Gasteiger partial charge on any atom is 0.247 e. The Morgan fingerprint density at radius 2 is 2.00 bits per heavy atom. The summed E-state index contributed by atoms with van der Waals surface area (Å²) in [6.07, 6.45) is 3.29. The molecule has 0 aliphatic heterocycles. The topological polar surface area (TPSA) is 105 Å². The zero-order valence-corrected chi connectivity index (χ0v) is 12.9. The molecular weight excluding hydrogens is 290 g/mol. The fourth-order valence-corrected chi connectivity index (χ4v) is 3.91. The first-order valence-electron chi connectivity index (χ1n) is 6.63. The van der Waals surface area contributed by atoms with Crippen LogP contribution in [0.2, 0.25) is 0 Å². The number of H-pyrrole nitrogens is 1. The average molecular weight is 309 g/mol. The molecule has 2 aromatic heterocycles. The molecule has 114 valence electrons. The summed E-state index contributed by atoms with van der Waals surface area (Å²) in [6, 6.07) is 3.59. The molecule has 0 spiro atoms. The summed E-state index contributed by atoms with van der Waals surface area (Å²) >= 11 is 0. The molecule has 0 radical (unpaired) electrons. The number of nitrogens with two attached hydrogens (primary N) is 1. The van der Waals surface area contributed by atoms with Crippen molar-refractivity contribution in [1.82, 2.24) is 19.5 Å². The summed E-state index contributed by atoms with van der Waals surface area (Å²) in [7, 11) is -3.64. The van der Waals surface area contributed by atoms with Crippen molar-refractivity contribution in [2.75, 3.05) is 6.54 Å². The molecule has 2 aromatic rings. The molecule has 0 amide bonds. The summed E-state index contributed by atoms with van der Waals surface area (Å²) in [4.78, 5) is 4.11. The van der Waals surface area contributed by atoms with Crippen molar-refractivity contribution >= 4 is 10.0 Å². The van der Waals surface area contributed by atoms with Gasteiger partial charge in [-0.15, -0.1) is 0 Å². The summed E-state index contributed by atoms with van der Waals surface area (Å²) in [5.74, 6) is 0. The monoisotopic (exact) mass is 309 g/mol. The Hall–Kier alpha value is -1.77. The molecule has 7 nitrogen and oxygen atoms in total. The Labute approximate surface area is 124 Å². The first-order chi connectivity index (χ1) is 10.0. The lowest BCUT2D eigenvalue weighted by Crippen LogP contribution is -2.31. The number of aromatic nitrogens is 3. The van der Waals surface area contributed by atoms with Crippen molar-refractivity contribution in [1.29, 1.82) is 0 Å². The van der Waals surface area contributed by atoms with E-state index in [1.165, 1.54) is 4.31 Å². The summed E-state index contributed by atoms with van der Waals surface area (Å²) in [6.45, 7) is 4.20. The fraction of sp³-hybridized carbons (Fsp3) is 0.385. The molecule has 0 saturated heterocycles. The molecule has 3 N–H and O–H groups in total. The zero-order valence-electron chi connectivity index (χ0n) is 12.1. The number of nitrogens with zero attached hydrogens (tertiary/aromatic N) is 3. The first-order valence-corrected chi connectivity index (χ1v) is 8.07. The van der Waals surface area contributed by atoms with Crippen LogP contribution in [-0.2, 0) is 23.1 Å². The van der Waals surface area contributed by atoms with Gasteiger partial charge in [-0.25, -0.2) is 8.42 Å². The van der Waals surface area contributed by atoms with E-state index in [0.717, 1.165) is 5.56 Å². The van der Waals surface area contributed by atoms with E-state index in [1.54, 1.807) is 38.4 Å². The molecule has 0 aliphatic rings. The highest BCUT2D eigenvalue weighted by Gasteiger charge is 2.29. The van der Waals surface area contributed by atoms with Crippen LogP contribution < -0.4 is 5.73 Å². The Kier molecular flexibility index (Phi) is 4.71. The minimum absolute atomic E-state index is 0.0751. The number of sulfonamides is 1. The van der Waals surface area contributed by atoms with Crippen molar-refractivity contribution < 1.29 is 8.42 Å². The Morgan fingerprint density at radius 1 is 1.33 bits per heavy atom. The Bertz CT molecular complexity index is 697. The second-order valence-corrected chi connectivity index (χ2v) is 6.49. The first kappa shape index (κ1) is 15.6. The van der Waals surface area contributed by atoms with Gasteiger partial charge < -0.3 is 5.73 Å². The number of pyridine rings is 1. The molecule has 0 aliphatic carbocycles. The van der Waals surface area contributed by atoms with Gasteiger partial charge in [0.1, 0.15) is 4.90 Å². The third kappa shape index (κ3) is 3.12. The van der Waals surface area contributed by atoms with Crippen LogP contribution >= 0.6 is 0 Å². The zero-order chi connectivity index (χ0) is 15.5. The third-order valence-electron chi connectivity index (χ3n) is 3.21. The molecule has 21 heavy (non-hydrogen) atoms. The molecule has 0 unspecified atom stereocenters. The van der Waals surface area contributed by atoms with E-state index in [0.29, 0.717) is 17.9 Å². The SMILES string of the molecule is CCN(Cc1ccncc1)S(=O)(=O)c1c(CN)n[nH]c1C. The van der Waals surface area contributed by atoms with E-state index < -0.39 is 10.0 Å². The largest absolute Gasteiger partial charge is 0.325 e. The van der Waals surface area contributed by atoms with Crippen molar-refractivity contribution in [3.05, 3.63) is 41.5 Å². The number of aryl methyl sites for hydroxylation is 1. The number of hydrogen-bond acceptors (Lipinski definition) is 5. The number of aromatic amines is 1. The number of hydrogen-bond donors (Lipinski definition) is 2. The summed E-state index contributed by atoms with van der Waals surface area (Å²) in [5.41, 5.74) is 7.33. The smallest absolute Gasteiger partial charge is 0.247 e. The van der Waals surface area contributed by atoms with E-state index in [1.807, 2.05) is 0 Å². The van der Waals surface area contributed by atoms with Gasteiger partial charge >= 0.3 is 0 Å². The van der Waals surface area contributed by atoms with Crippen LogP contribution in [0.3, 0.4) is 0 Å². The predicted octanol–water partition coefficient (Wildman–Crippen LogP) is 0.783. The highest BCUT2D eigenvalue weighted by Crippen LogP contribution is 2.23. The second kappa shape index (κ2) is 6.33. The van der Waals surface area contributed by atoms with Crippen molar-refractivity contribution in [2.45, 2.75) is 31.8 Å². The molecule has 0 aromatic carbocycles. The van der Waals surface area contributed by atoms with Gasteiger partial charge in [0, 0.05) is 32.0 Å². The van der Waals surface area contributed by atoms with Gasteiger partial charge in [0.25, 0.3) is 0 Å². The van der Waals surface area contributed by atoms with Crippen molar-refractivity contribution in [3.8, 4) is 0 Å². The van der Waals surface area contributed by atoms with Crippen LogP contribution in [0.1, 0.15) is 23.9 Å². The van der Waals surface area contributed by atoms with Crippen molar-refractivity contribution in [3.63, 3.8) is 0 Å². The normalized spacial score (nSPS) is 12.0. The Balaban J connectivity index is 2.38. The molecule has 0 saturated carbocycles. The molecule has 0 fully saturated rings. The standard InChI is InChI=1S/C13H19N5O2S/c1-3-18(9-11-4-6-15-7-5-11)21(19,20)13-10(2)16-17-12(13)8-14/h4-7H,3,8-9,14H2,1-2H3,(H,16,17). The lowest BCUT2D eigenvalue weighted by molar-refractivity contribution is 0.422. The maximum atomic E-state index is 12.8. The molecule has 2 rings (SSSR count). The highest BCUT2D eigenvalue weighted by molar-refractivity contribution is 7.89. The van der Waals surface area contributed by atoms with Gasteiger partial charge in [-0.2, -0.15) is 9.40 Å².